The maximum absolute atomic E-state index is 12.7. The number of amidine groups is 2. The van der Waals surface area contributed by atoms with E-state index in [1.165, 1.54) is 0 Å². The quantitative estimate of drug-likeness (QED) is 0.561. The molecule has 2 aromatic rings. The van der Waals surface area contributed by atoms with E-state index in [9.17, 15) is 4.79 Å². The van der Waals surface area contributed by atoms with Gasteiger partial charge in [0.25, 0.3) is 5.91 Å². The van der Waals surface area contributed by atoms with Crippen molar-refractivity contribution < 1.29 is 14.3 Å². The van der Waals surface area contributed by atoms with Crippen molar-refractivity contribution in [3.8, 4) is 11.5 Å². The molecular formula is C25H24BrN3O3. The van der Waals surface area contributed by atoms with Crippen LogP contribution >= 0.6 is 15.9 Å². The van der Waals surface area contributed by atoms with E-state index in [0.717, 1.165) is 21.4 Å². The van der Waals surface area contributed by atoms with E-state index >= 15 is 0 Å². The zero-order valence-electron chi connectivity index (χ0n) is 18.0. The van der Waals surface area contributed by atoms with Gasteiger partial charge in [0.15, 0.2) is 12.4 Å². The monoisotopic (exact) mass is 493 g/mol. The summed E-state index contributed by atoms with van der Waals surface area (Å²) >= 11 is 3.50. The van der Waals surface area contributed by atoms with Crippen molar-refractivity contribution in [2.24, 2.45) is 15.9 Å². The first-order chi connectivity index (χ1) is 15.5. The minimum Gasteiger partial charge on any atom is -0.493 e. The average molecular weight is 494 g/mol. The van der Waals surface area contributed by atoms with Gasteiger partial charge in [-0.25, -0.2) is 4.99 Å². The number of benzene rings is 2. The number of ether oxygens (including phenoxy) is 2. The smallest absolute Gasteiger partial charge is 0.285 e. The van der Waals surface area contributed by atoms with Crippen molar-refractivity contribution in [3.63, 3.8) is 0 Å². The molecule has 1 amide bonds. The largest absolute Gasteiger partial charge is 0.493 e. The van der Waals surface area contributed by atoms with E-state index in [-0.39, 0.29) is 6.61 Å². The van der Waals surface area contributed by atoms with Crippen LogP contribution in [0.1, 0.15) is 25.0 Å². The normalized spacial score (nSPS) is 16.1. The number of fused-ring (bicyclic) bond motifs is 2. The Kier molecular flexibility index (Phi) is 6.85. The van der Waals surface area contributed by atoms with Crippen molar-refractivity contribution in [1.29, 1.82) is 0 Å². The maximum atomic E-state index is 12.7. The van der Waals surface area contributed by atoms with Gasteiger partial charge in [0.05, 0.1) is 6.61 Å². The lowest BCUT2D eigenvalue weighted by molar-refractivity contribution is -0.119. The molecular weight excluding hydrogens is 470 g/mol. The molecule has 2 heterocycles. The van der Waals surface area contributed by atoms with Crippen LogP contribution in [-0.4, -0.2) is 35.7 Å². The fourth-order valence-electron chi connectivity index (χ4n) is 3.26. The highest BCUT2D eigenvalue weighted by Gasteiger charge is 2.21. The third-order valence-corrected chi connectivity index (χ3v) is 5.24. The van der Waals surface area contributed by atoms with Crippen LogP contribution in [0.15, 0.2) is 81.4 Å². The summed E-state index contributed by atoms with van der Waals surface area (Å²) in [4.78, 5) is 23.6. The second-order valence-electron chi connectivity index (χ2n) is 7.90. The van der Waals surface area contributed by atoms with E-state index in [1.807, 2.05) is 59.7 Å². The molecule has 2 aliphatic rings. The number of allylic oxidation sites excluding steroid dienone is 2. The van der Waals surface area contributed by atoms with Gasteiger partial charge in [0.2, 0.25) is 0 Å². The van der Waals surface area contributed by atoms with Crippen LogP contribution < -0.4 is 9.47 Å². The standard InChI is InChI=1S/C25H24BrN3O3/c1-17(2)15-31-20-7-5-8-21(12-20)32-16-24(30)28-25-22-9-4-3-6-18(22)13-29-14-19(26)10-11-23(29)27-25/h3-12,14,17H,13,15-16H2,1-2H3. The number of nitrogens with zero attached hydrogens (tertiary/aromatic N) is 3. The van der Waals surface area contributed by atoms with Crippen molar-refractivity contribution in [3.05, 3.63) is 82.5 Å². The Balaban J connectivity index is 1.51. The average Bonchev–Trinajstić information content (AvgIpc) is 2.93. The van der Waals surface area contributed by atoms with E-state index in [1.54, 1.807) is 12.1 Å². The third kappa shape index (κ3) is 5.53. The van der Waals surface area contributed by atoms with Gasteiger partial charge in [-0.05, 0) is 51.7 Å². The molecule has 7 heteroatoms. The van der Waals surface area contributed by atoms with Crippen molar-refractivity contribution in [1.82, 2.24) is 4.90 Å². The van der Waals surface area contributed by atoms with Gasteiger partial charge in [-0.3, -0.25) is 4.79 Å². The first-order valence-electron chi connectivity index (χ1n) is 10.4. The SMILES string of the molecule is CC(C)COc1cccc(OCC(=O)N=C2N=C3C=CC(Br)=CN3Cc3ccccc32)c1. The first-order valence-corrected chi connectivity index (χ1v) is 11.2. The summed E-state index contributed by atoms with van der Waals surface area (Å²) in [5.74, 6) is 2.40. The molecule has 2 aliphatic heterocycles. The molecule has 6 nitrogen and oxygen atoms in total. The van der Waals surface area contributed by atoms with E-state index in [0.29, 0.717) is 36.4 Å². The molecule has 0 fully saturated rings. The maximum Gasteiger partial charge on any atom is 0.285 e. The summed E-state index contributed by atoms with van der Waals surface area (Å²) < 4.78 is 12.3. The number of hydrogen-bond donors (Lipinski definition) is 0. The predicted octanol–water partition coefficient (Wildman–Crippen LogP) is 5.09. The van der Waals surface area contributed by atoms with E-state index in [2.05, 4.69) is 39.8 Å². The molecule has 0 radical (unpaired) electrons. The van der Waals surface area contributed by atoms with Crippen molar-refractivity contribution in [2.45, 2.75) is 20.4 Å². The van der Waals surface area contributed by atoms with Crippen molar-refractivity contribution >= 4 is 33.5 Å². The summed E-state index contributed by atoms with van der Waals surface area (Å²) in [6.07, 6.45) is 5.79. The summed E-state index contributed by atoms with van der Waals surface area (Å²) in [6, 6.07) is 15.1. The lowest BCUT2D eigenvalue weighted by Gasteiger charge is -2.21. The van der Waals surface area contributed by atoms with Gasteiger partial charge >= 0.3 is 0 Å². The predicted molar refractivity (Wildman–Crippen MR) is 129 cm³/mol. The lowest BCUT2D eigenvalue weighted by Crippen LogP contribution is -2.25. The Labute approximate surface area is 196 Å². The molecule has 0 N–H and O–H groups in total. The second kappa shape index (κ2) is 9.96. The second-order valence-corrected chi connectivity index (χ2v) is 8.82. The van der Waals surface area contributed by atoms with Gasteiger partial charge in [-0.1, -0.05) is 44.2 Å². The molecule has 0 aromatic heterocycles. The zero-order valence-corrected chi connectivity index (χ0v) is 19.6. The lowest BCUT2D eigenvalue weighted by atomic mass is 10.1. The van der Waals surface area contributed by atoms with Gasteiger partial charge in [-0.2, -0.15) is 4.99 Å². The fourth-order valence-corrected chi connectivity index (χ4v) is 3.64. The summed E-state index contributed by atoms with van der Waals surface area (Å²) in [5, 5.41) is 0. The molecule has 2 aromatic carbocycles. The number of amides is 1. The highest BCUT2D eigenvalue weighted by atomic mass is 79.9. The molecule has 0 bridgehead atoms. The summed E-state index contributed by atoms with van der Waals surface area (Å²) in [5.41, 5.74) is 1.88. The van der Waals surface area contributed by atoms with Gasteiger partial charge in [0, 0.05) is 28.9 Å². The van der Waals surface area contributed by atoms with Crippen LogP contribution in [-0.2, 0) is 11.3 Å². The topological polar surface area (TPSA) is 63.5 Å². The van der Waals surface area contributed by atoms with Crippen LogP contribution in [0.25, 0.3) is 0 Å². The Hall–Kier alpha value is -3.19. The van der Waals surface area contributed by atoms with Gasteiger partial charge in [-0.15, -0.1) is 0 Å². The highest BCUT2D eigenvalue weighted by Crippen LogP contribution is 2.24. The number of aliphatic imine (C=N–C) groups is 2. The van der Waals surface area contributed by atoms with Crippen LogP contribution in [0.2, 0.25) is 0 Å². The third-order valence-electron chi connectivity index (χ3n) is 4.77. The fraction of sp³-hybridized carbons (Fsp3) is 0.240. The zero-order chi connectivity index (χ0) is 22.5. The van der Waals surface area contributed by atoms with E-state index < -0.39 is 5.91 Å². The molecule has 0 saturated carbocycles. The first kappa shape index (κ1) is 22.0. The van der Waals surface area contributed by atoms with Crippen LogP contribution in [0.5, 0.6) is 11.5 Å². The minimum absolute atomic E-state index is 0.185. The Morgan fingerprint density at radius 2 is 1.91 bits per heavy atom. The van der Waals surface area contributed by atoms with Crippen LogP contribution in [0.4, 0.5) is 0 Å². The highest BCUT2D eigenvalue weighted by molar-refractivity contribution is 9.11. The molecule has 0 saturated heterocycles. The molecule has 164 valence electrons. The number of carbonyl (C=O) groups is 1. The Morgan fingerprint density at radius 3 is 2.72 bits per heavy atom. The van der Waals surface area contributed by atoms with E-state index in [4.69, 9.17) is 9.47 Å². The molecule has 0 aliphatic carbocycles. The van der Waals surface area contributed by atoms with Crippen LogP contribution in [0, 0.1) is 5.92 Å². The number of hydrogen-bond acceptors (Lipinski definition) is 4. The minimum atomic E-state index is -0.405. The number of rotatable bonds is 6. The molecule has 0 spiro atoms. The molecule has 4 rings (SSSR count). The van der Waals surface area contributed by atoms with Crippen molar-refractivity contribution in [2.75, 3.05) is 13.2 Å². The molecule has 0 unspecified atom stereocenters. The molecule has 32 heavy (non-hydrogen) atoms. The van der Waals surface area contributed by atoms with Crippen LogP contribution in [0.3, 0.4) is 0 Å². The number of halogens is 1. The number of carbonyl (C=O) groups excluding carboxylic acids is 1. The summed E-state index contributed by atoms with van der Waals surface area (Å²) in [7, 11) is 0. The van der Waals surface area contributed by atoms with Gasteiger partial charge in [0.1, 0.15) is 17.3 Å². The summed E-state index contributed by atoms with van der Waals surface area (Å²) in [6.45, 7) is 5.25. The van der Waals surface area contributed by atoms with Gasteiger partial charge < -0.3 is 14.4 Å². The molecule has 0 atom stereocenters. The Bertz CT molecular complexity index is 1130. The Morgan fingerprint density at radius 1 is 1.12 bits per heavy atom.